The molecule has 0 aliphatic carbocycles. The van der Waals surface area contributed by atoms with E-state index in [9.17, 15) is 0 Å². The van der Waals surface area contributed by atoms with E-state index in [4.69, 9.17) is 0 Å². The maximum atomic E-state index is 4.04. The van der Waals surface area contributed by atoms with Crippen LogP contribution >= 0.6 is 0 Å². The summed E-state index contributed by atoms with van der Waals surface area (Å²) in [6.45, 7) is 13.5. The molecule has 0 aromatic heterocycles. The van der Waals surface area contributed by atoms with Gasteiger partial charge in [-0.25, -0.2) is 0 Å². The Morgan fingerprint density at radius 2 is 0.618 bits per heavy atom. The molecular weight excluding hydrogens is 429 g/mol. The van der Waals surface area contributed by atoms with Gasteiger partial charge < -0.3 is 12.9 Å². The lowest BCUT2D eigenvalue weighted by atomic mass is 10.0. The van der Waals surface area contributed by atoms with Gasteiger partial charge in [-0.1, -0.05) is 96.1 Å². The molecule has 0 saturated heterocycles. The number of hydrogen-bond donors (Lipinski definition) is 3. The summed E-state index contributed by atoms with van der Waals surface area (Å²) < 4.78 is 12.1. The van der Waals surface area contributed by atoms with E-state index in [1.807, 2.05) is 0 Å². The van der Waals surface area contributed by atoms with Crippen LogP contribution in [0.5, 0.6) is 0 Å². The minimum Gasteiger partial charge on any atom is -0.439 e. The first-order valence-electron chi connectivity index (χ1n) is 13.2. The van der Waals surface area contributed by atoms with Gasteiger partial charge in [0, 0.05) is 17.1 Å². The second kappa shape index (κ2) is 12.9. The maximum absolute atomic E-state index is 4.04. The van der Waals surface area contributed by atoms with Gasteiger partial charge in [-0.05, 0) is 71.9 Å². The summed E-state index contributed by atoms with van der Waals surface area (Å²) in [7, 11) is 0. The molecule has 0 radical (unpaired) electrons. The Bertz CT molecular complexity index is 873. The highest BCUT2D eigenvalue weighted by molar-refractivity contribution is 6.69. The van der Waals surface area contributed by atoms with Gasteiger partial charge in [-0.3, -0.25) is 0 Å². The molecule has 0 aliphatic heterocycles. The molecule has 0 aliphatic rings. The van der Waals surface area contributed by atoms with Crippen molar-refractivity contribution < 1.29 is 0 Å². The Morgan fingerprint density at radius 1 is 0.412 bits per heavy atom. The molecule has 0 bridgehead atoms. The number of anilines is 3. The van der Waals surface area contributed by atoms with Crippen molar-refractivity contribution in [1.29, 1.82) is 0 Å². The van der Waals surface area contributed by atoms with Crippen molar-refractivity contribution in [3.63, 3.8) is 0 Å². The molecule has 3 aromatic rings. The molecule has 34 heavy (non-hydrogen) atoms. The van der Waals surface area contributed by atoms with Crippen LogP contribution in [0.2, 0.25) is 0 Å². The summed E-state index contributed by atoms with van der Waals surface area (Å²) in [5, 5.41) is 0. The highest BCUT2D eigenvalue weighted by atomic mass is 27.2. The number of rotatable bonds is 12. The third kappa shape index (κ3) is 5.98. The fraction of sp³-hybridized carbons (Fsp3) is 0.400. The number of hydrogen-bond acceptors (Lipinski definition) is 3. The minimum absolute atomic E-state index is 1.02. The van der Waals surface area contributed by atoms with Gasteiger partial charge in [-0.15, -0.1) is 0 Å². The Balaban J connectivity index is 2.10. The van der Waals surface area contributed by atoms with E-state index in [-0.39, 0.29) is 0 Å². The maximum Gasteiger partial charge on any atom is 0.733 e. The van der Waals surface area contributed by atoms with Gasteiger partial charge in [0.15, 0.2) is 0 Å². The standard InChI is InChI=1S/3C10H14N.Al/c3*1-3-8-6-5-7-9(4-2)10(8)11;/h3*5-7,11H,3-4H2,1-2H3;/q3*-1;+3. The molecule has 3 N–H and O–H groups in total. The Hall–Kier alpha value is -2.41. The van der Waals surface area contributed by atoms with Gasteiger partial charge in [0.1, 0.15) is 0 Å². The van der Waals surface area contributed by atoms with E-state index < -0.39 is 14.8 Å². The summed E-state index contributed by atoms with van der Waals surface area (Å²) in [5.41, 5.74) is 12.3. The van der Waals surface area contributed by atoms with Gasteiger partial charge in [-0.2, -0.15) is 0 Å². The molecule has 0 saturated carbocycles. The SMILES string of the molecule is CCc1cccc(CC)c1[NH][Al]([NH]c1c(CC)cccc1CC)[NH]c1c(CC)cccc1CC. The summed E-state index contributed by atoms with van der Waals surface area (Å²) >= 11 is -1.92. The molecule has 3 rings (SSSR count). The van der Waals surface area contributed by atoms with Crippen LogP contribution in [0.1, 0.15) is 74.9 Å². The molecule has 0 fully saturated rings. The van der Waals surface area contributed by atoms with Crippen molar-refractivity contribution in [2.75, 3.05) is 12.9 Å². The van der Waals surface area contributed by atoms with Crippen molar-refractivity contribution in [3.05, 3.63) is 88.0 Å². The first-order valence-corrected chi connectivity index (χ1v) is 14.9. The predicted molar refractivity (Wildman–Crippen MR) is 152 cm³/mol. The van der Waals surface area contributed by atoms with Crippen LogP contribution < -0.4 is 12.9 Å². The fourth-order valence-corrected chi connectivity index (χ4v) is 7.02. The van der Waals surface area contributed by atoms with Gasteiger partial charge in [0.2, 0.25) is 0 Å². The quantitative estimate of drug-likeness (QED) is 0.237. The van der Waals surface area contributed by atoms with Crippen LogP contribution in [0.25, 0.3) is 0 Å². The Labute approximate surface area is 212 Å². The third-order valence-corrected chi connectivity index (χ3v) is 8.59. The molecule has 0 unspecified atom stereocenters. The topological polar surface area (TPSA) is 36.1 Å². The van der Waals surface area contributed by atoms with Gasteiger partial charge in [0.05, 0.1) is 0 Å². The average Bonchev–Trinajstić information content (AvgIpc) is 2.88. The lowest BCUT2D eigenvalue weighted by molar-refractivity contribution is 1.08. The fourth-order valence-electron chi connectivity index (χ4n) is 4.83. The van der Waals surface area contributed by atoms with Crippen LogP contribution in [0.15, 0.2) is 54.6 Å². The van der Waals surface area contributed by atoms with Crippen LogP contribution in [-0.4, -0.2) is 14.8 Å². The van der Waals surface area contributed by atoms with E-state index >= 15 is 0 Å². The Kier molecular flexibility index (Phi) is 9.93. The lowest BCUT2D eigenvalue weighted by Gasteiger charge is -2.26. The predicted octanol–water partition coefficient (Wildman–Crippen LogP) is 7.68. The van der Waals surface area contributed by atoms with E-state index in [0.29, 0.717) is 0 Å². The van der Waals surface area contributed by atoms with Crippen LogP contribution in [0, 0.1) is 0 Å². The molecule has 0 amide bonds. The van der Waals surface area contributed by atoms with Crippen molar-refractivity contribution >= 4 is 31.9 Å². The summed E-state index contributed by atoms with van der Waals surface area (Å²) in [4.78, 5) is 0. The molecule has 180 valence electrons. The van der Waals surface area contributed by atoms with Crippen LogP contribution in [0.3, 0.4) is 0 Å². The van der Waals surface area contributed by atoms with Crippen molar-refractivity contribution in [3.8, 4) is 0 Å². The first kappa shape index (κ1) is 26.2. The van der Waals surface area contributed by atoms with Crippen molar-refractivity contribution in [2.24, 2.45) is 0 Å². The summed E-state index contributed by atoms with van der Waals surface area (Å²) in [6, 6.07) is 20.2. The first-order chi connectivity index (χ1) is 16.6. The smallest absolute Gasteiger partial charge is 0.439 e. The molecule has 3 nitrogen and oxygen atoms in total. The lowest BCUT2D eigenvalue weighted by Crippen LogP contribution is -2.44. The third-order valence-electron chi connectivity index (χ3n) is 6.86. The largest absolute Gasteiger partial charge is 0.733 e. The number of para-hydroxylation sites is 3. The van der Waals surface area contributed by atoms with E-state index in [0.717, 1.165) is 38.5 Å². The number of aryl methyl sites for hydroxylation is 6. The molecular formula is C30H42AlN3. The molecule has 0 heterocycles. The number of nitrogens with one attached hydrogen (secondary N) is 3. The van der Waals surface area contributed by atoms with E-state index in [1.54, 1.807) is 0 Å². The van der Waals surface area contributed by atoms with Crippen molar-refractivity contribution in [2.45, 2.75) is 80.1 Å². The summed E-state index contributed by atoms with van der Waals surface area (Å²) in [6.07, 6.45) is 6.14. The highest BCUT2D eigenvalue weighted by Gasteiger charge is 2.29. The van der Waals surface area contributed by atoms with Crippen LogP contribution in [-0.2, 0) is 38.5 Å². The zero-order valence-corrected chi connectivity index (χ0v) is 23.2. The Morgan fingerprint density at radius 3 is 0.794 bits per heavy atom. The molecule has 3 aromatic carbocycles. The van der Waals surface area contributed by atoms with Crippen molar-refractivity contribution in [1.82, 2.24) is 0 Å². The van der Waals surface area contributed by atoms with E-state index in [2.05, 4.69) is 109 Å². The molecule has 4 heteroatoms. The normalized spacial score (nSPS) is 10.8. The zero-order valence-electron chi connectivity index (χ0n) is 22.0. The zero-order chi connectivity index (χ0) is 24.5. The average molecular weight is 472 g/mol. The second-order valence-corrected chi connectivity index (χ2v) is 10.6. The van der Waals surface area contributed by atoms with E-state index in [1.165, 1.54) is 50.4 Å². The monoisotopic (exact) mass is 471 g/mol. The number of benzene rings is 3. The molecule has 0 atom stereocenters. The summed E-state index contributed by atoms with van der Waals surface area (Å²) in [5.74, 6) is 0. The van der Waals surface area contributed by atoms with Crippen LogP contribution in [0.4, 0.5) is 17.1 Å². The van der Waals surface area contributed by atoms with Gasteiger partial charge in [0.25, 0.3) is 0 Å². The second-order valence-electron chi connectivity index (χ2n) is 8.84. The minimum atomic E-state index is -1.92. The highest BCUT2D eigenvalue weighted by Crippen LogP contribution is 2.28. The molecule has 0 spiro atoms. The van der Waals surface area contributed by atoms with Gasteiger partial charge >= 0.3 is 14.8 Å².